The number of aliphatic carboxylic acids is 1. The summed E-state index contributed by atoms with van der Waals surface area (Å²) in [5.74, 6) is -2.05. The van der Waals surface area contributed by atoms with Crippen LogP contribution in [0, 0.1) is 0 Å². The van der Waals surface area contributed by atoms with Gasteiger partial charge in [-0.2, -0.15) is 0 Å². The zero-order chi connectivity index (χ0) is 23.5. The number of anilines is 1. The molecule has 0 saturated heterocycles. The maximum atomic E-state index is 13.1. The Morgan fingerprint density at radius 3 is 2.34 bits per heavy atom. The number of aromatic nitrogens is 1. The van der Waals surface area contributed by atoms with Gasteiger partial charge < -0.3 is 14.6 Å². The molecule has 1 unspecified atom stereocenters. The summed E-state index contributed by atoms with van der Waals surface area (Å²) >= 11 is 0. The highest BCUT2D eigenvalue weighted by Crippen LogP contribution is 2.31. The summed E-state index contributed by atoms with van der Waals surface area (Å²) in [7, 11) is 1.26. The van der Waals surface area contributed by atoms with E-state index >= 15 is 0 Å². The van der Waals surface area contributed by atoms with Gasteiger partial charge in [0.2, 0.25) is 0 Å². The van der Waals surface area contributed by atoms with Crippen LogP contribution in [0.2, 0.25) is 0 Å². The molecule has 3 rings (SSSR count). The first kappa shape index (κ1) is 22.9. The average Bonchev–Trinajstić information content (AvgIpc) is 3.09. The smallest absolute Gasteiger partial charge is 0.419 e. The Hall–Kier alpha value is -3.81. The van der Waals surface area contributed by atoms with Gasteiger partial charge in [0, 0.05) is 16.8 Å². The minimum Gasteiger partial charge on any atom is -0.481 e. The molecule has 3 aromatic rings. The van der Waals surface area contributed by atoms with Crippen LogP contribution in [0.3, 0.4) is 0 Å². The molecule has 168 valence electrons. The first-order valence-corrected chi connectivity index (χ1v) is 10.1. The largest absolute Gasteiger partial charge is 0.481 e. The van der Waals surface area contributed by atoms with Gasteiger partial charge in [0.15, 0.2) is 0 Å². The van der Waals surface area contributed by atoms with Crippen LogP contribution in [-0.4, -0.2) is 40.5 Å². The lowest BCUT2D eigenvalue weighted by atomic mass is 9.96. The molecule has 0 fully saturated rings. The number of hydrogen-bond acceptors (Lipinski definition) is 5. The number of amides is 1. The highest BCUT2D eigenvalue weighted by Gasteiger charge is 2.30. The molecule has 1 amide bonds. The van der Waals surface area contributed by atoms with Gasteiger partial charge in [-0.1, -0.05) is 30.3 Å². The van der Waals surface area contributed by atoms with Crippen LogP contribution in [0.25, 0.3) is 10.9 Å². The first-order valence-electron chi connectivity index (χ1n) is 10.1. The summed E-state index contributed by atoms with van der Waals surface area (Å²) in [6.07, 6.45) is -1.11. The lowest BCUT2D eigenvalue weighted by Crippen LogP contribution is -2.29. The third-order valence-corrected chi connectivity index (χ3v) is 4.78. The number of benzene rings is 2. The van der Waals surface area contributed by atoms with Crippen molar-refractivity contribution in [1.82, 2.24) is 4.57 Å². The summed E-state index contributed by atoms with van der Waals surface area (Å²) in [5.41, 5.74) is 1.28. The van der Waals surface area contributed by atoms with Gasteiger partial charge in [0.05, 0.1) is 12.6 Å². The highest BCUT2D eigenvalue weighted by molar-refractivity contribution is 5.96. The van der Waals surface area contributed by atoms with E-state index in [4.69, 9.17) is 4.74 Å². The first-order chi connectivity index (χ1) is 15.1. The van der Waals surface area contributed by atoms with Gasteiger partial charge in [0.25, 0.3) is 0 Å². The van der Waals surface area contributed by atoms with E-state index in [0.29, 0.717) is 22.3 Å². The molecule has 0 aliphatic carbocycles. The van der Waals surface area contributed by atoms with Crippen LogP contribution in [0.5, 0.6) is 0 Å². The standard InChI is InChI=1S/C24H26N2O6/c1-24(2,3)32-23(30)26-19-11-10-17(25-22(29)31-4)13-16(19)14-20(26)18(21(27)28)12-15-8-6-5-7-9-15/h5-11,13-14,18H,12H2,1-4H3,(H,25,29)(H,27,28). The number of nitrogens with zero attached hydrogens (tertiary/aromatic N) is 1. The Morgan fingerprint density at radius 1 is 1.06 bits per heavy atom. The summed E-state index contributed by atoms with van der Waals surface area (Å²) in [5, 5.41) is 13.2. The Morgan fingerprint density at radius 2 is 1.75 bits per heavy atom. The molecular formula is C24H26N2O6. The Labute approximate surface area is 185 Å². The zero-order valence-electron chi connectivity index (χ0n) is 18.4. The van der Waals surface area contributed by atoms with Gasteiger partial charge in [-0.15, -0.1) is 0 Å². The lowest BCUT2D eigenvalue weighted by Gasteiger charge is -2.22. The number of ether oxygens (including phenoxy) is 2. The van der Waals surface area contributed by atoms with Crippen molar-refractivity contribution in [3.05, 3.63) is 65.9 Å². The van der Waals surface area contributed by atoms with Crippen LogP contribution in [0.4, 0.5) is 15.3 Å². The van der Waals surface area contributed by atoms with Crippen molar-refractivity contribution in [2.24, 2.45) is 0 Å². The van der Waals surface area contributed by atoms with E-state index in [0.717, 1.165) is 5.56 Å². The van der Waals surface area contributed by atoms with E-state index in [1.807, 2.05) is 30.3 Å². The van der Waals surface area contributed by atoms with Crippen LogP contribution >= 0.6 is 0 Å². The second-order valence-electron chi connectivity index (χ2n) is 8.36. The number of carboxylic acid groups (broad SMARTS) is 1. The highest BCUT2D eigenvalue weighted by atomic mass is 16.6. The number of carbonyl (C=O) groups excluding carboxylic acids is 2. The van der Waals surface area contributed by atoms with Crippen LogP contribution < -0.4 is 5.32 Å². The summed E-state index contributed by atoms with van der Waals surface area (Å²) < 4.78 is 11.5. The summed E-state index contributed by atoms with van der Waals surface area (Å²) in [6.45, 7) is 5.23. The number of fused-ring (bicyclic) bond motifs is 1. The minimum atomic E-state index is -1.06. The Bertz CT molecular complexity index is 1140. The topological polar surface area (TPSA) is 107 Å². The molecule has 32 heavy (non-hydrogen) atoms. The number of carboxylic acids is 1. The van der Waals surface area contributed by atoms with Crippen LogP contribution in [-0.2, 0) is 20.7 Å². The third-order valence-electron chi connectivity index (χ3n) is 4.78. The molecule has 0 bridgehead atoms. The third kappa shape index (κ3) is 5.26. The number of methoxy groups -OCH3 is 1. The van der Waals surface area contributed by atoms with Crippen LogP contribution in [0.1, 0.15) is 37.9 Å². The normalized spacial score (nSPS) is 12.2. The fraction of sp³-hybridized carbons (Fsp3) is 0.292. The second-order valence-corrected chi connectivity index (χ2v) is 8.36. The van der Waals surface area contributed by atoms with E-state index in [2.05, 4.69) is 10.1 Å². The maximum absolute atomic E-state index is 13.1. The van der Waals surface area contributed by atoms with Gasteiger partial charge in [-0.25, -0.2) is 14.2 Å². The fourth-order valence-corrected chi connectivity index (χ4v) is 3.42. The molecule has 0 saturated carbocycles. The molecular weight excluding hydrogens is 412 g/mol. The number of carbonyl (C=O) groups is 3. The van der Waals surface area contributed by atoms with E-state index < -0.39 is 29.7 Å². The summed E-state index contributed by atoms with van der Waals surface area (Å²) in [6, 6.07) is 15.7. The molecule has 1 aromatic heterocycles. The van der Waals surface area contributed by atoms with E-state index in [1.165, 1.54) is 11.7 Å². The Balaban J connectivity index is 2.14. The molecule has 0 aliphatic heterocycles. The van der Waals surface area contributed by atoms with Gasteiger partial charge in [-0.05, 0) is 57.0 Å². The molecule has 2 N–H and O–H groups in total. The van der Waals surface area contributed by atoms with Crippen molar-refractivity contribution >= 4 is 34.7 Å². The molecule has 1 heterocycles. The molecule has 8 nitrogen and oxygen atoms in total. The summed E-state index contributed by atoms with van der Waals surface area (Å²) in [4.78, 5) is 36.9. The molecule has 0 radical (unpaired) electrons. The number of nitrogens with one attached hydrogen (secondary N) is 1. The van der Waals surface area contributed by atoms with Gasteiger partial charge in [0.1, 0.15) is 11.5 Å². The monoisotopic (exact) mass is 438 g/mol. The molecule has 8 heteroatoms. The Kier molecular flexibility index (Phi) is 6.53. The van der Waals surface area contributed by atoms with Crippen molar-refractivity contribution in [1.29, 1.82) is 0 Å². The van der Waals surface area contributed by atoms with E-state index in [-0.39, 0.29) is 6.42 Å². The minimum absolute atomic E-state index is 0.197. The zero-order valence-corrected chi connectivity index (χ0v) is 18.4. The molecule has 0 spiro atoms. The van der Waals surface area contributed by atoms with Crippen molar-refractivity contribution in [3.63, 3.8) is 0 Å². The van der Waals surface area contributed by atoms with Crippen molar-refractivity contribution in [2.75, 3.05) is 12.4 Å². The predicted molar refractivity (Wildman–Crippen MR) is 120 cm³/mol. The van der Waals surface area contributed by atoms with Crippen molar-refractivity contribution < 1.29 is 29.0 Å². The second kappa shape index (κ2) is 9.13. The van der Waals surface area contributed by atoms with Crippen molar-refractivity contribution in [2.45, 2.75) is 38.7 Å². The molecule has 2 aromatic carbocycles. The molecule has 0 aliphatic rings. The molecule has 1 atom stereocenters. The quantitative estimate of drug-likeness (QED) is 0.580. The predicted octanol–water partition coefficient (Wildman–Crippen LogP) is 5.01. The van der Waals surface area contributed by atoms with Crippen molar-refractivity contribution in [3.8, 4) is 0 Å². The fourth-order valence-electron chi connectivity index (χ4n) is 3.42. The SMILES string of the molecule is COC(=O)Nc1ccc2c(c1)cc(C(Cc1ccccc1)C(=O)O)n2C(=O)OC(C)(C)C. The van der Waals surface area contributed by atoms with Crippen LogP contribution in [0.15, 0.2) is 54.6 Å². The van der Waals surface area contributed by atoms with E-state index in [1.54, 1.807) is 45.0 Å². The van der Waals surface area contributed by atoms with Gasteiger partial charge >= 0.3 is 18.2 Å². The number of hydrogen-bond donors (Lipinski definition) is 2. The average molecular weight is 438 g/mol. The lowest BCUT2D eigenvalue weighted by molar-refractivity contribution is -0.138. The number of rotatable bonds is 5. The van der Waals surface area contributed by atoms with Gasteiger partial charge in [-0.3, -0.25) is 10.1 Å². The van der Waals surface area contributed by atoms with E-state index in [9.17, 15) is 19.5 Å². The maximum Gasteiger partial charge on any atom is 0.419 e.